The number of aryl methyl sites for hydroxylation is 1. The number of fused-ring (bicyclic) bond motifs is 1. The molecule has 0 unspecified atom stereocenters. The maximum Gasteiger partial charge on any atom is 0.0636 e. The second-order valence-electron chi connectivity index (χ2n) is 6.43. The van der Waals surface area contributed by atoms with Crippen LogP contribution in [0.15, 0.2) is 77.8 Å². The molecule has 2 nitrogen and oxygen atoms in total. The van der Waals surface area contributed by atoms with Crippen LogP contribution in [-0.2, 0) is 0 Å². The van der Waals surface area contributed by atoms with Gasteiger partial charge in [-0.25, -0.2) is 0 Å². The van der Waals surface area contributed by atoms with Crippen LogP contribution < -0.4 is 0 Å². The Morgan fingerprint density at radius 3 is 2.35 bits per heavy atom. The Morgan fingerprint density at radius 2 is 1.58 bits per heavy atom. The van der Waals surface area contributed by atoms with Crippen LogP contribution in [0.2, 0.25) is 5.02 Å². The fourth-order valence-electron chi connectivity index (χ4n) is 3.31. The van der Waals surface area contributed by atoms with Gasteiger partial charge in [-0.3, -0.25) is 4.99 Å². The number of rotatable bonds is 3. The summed E-state index contributed by atoms with van der Waals surface area (Å²) in [6.45, 7) is 4.22. The Labute approximate surface area is 158 Å². The van der Waals surface area contributed by atoms with Crippen LogP contribution in [0, 0.1) is 13.8 Å². The van der Waals surface area contributed by atoms with E-state index in [1.165, 1.54) is 16.5 Å². The maximum absolute atomic E-state index is 6.01. The fourth-order valence-corrected chi connectivity index (χ4v) is 3.43. The Bertz CT molecular complexity index is 1100. The van der Waals surface area contributed by atoms with Gasteiger partial charge in [-0.2, -0.15) is 0 Å². The molecule has 3 aromatic carbocycles. The van der Waals surface area contributed by atoms with E-state index >= 15 is 0 Å². The normalized spacial score (nSPS) is 11.5. The third-order valence-corrected chi connectivity index (χ3v) is 4.89. The van der Waals surface area contributed by atoms with E-state index in [0.29, 0.717) is 0 Å². The molecule has 0 bridgehead atoms. The minimum absolute atomic E-state index is 0.745. The Morgan fingerprint density at radius 1 is 0.846 bits per heavy atom. The first kappa shape index (κ1) is 16.6. The maximum atomic E-state index is 6.01. The van der Waals surface area contributed by atoms with E-state index in [-0.39, 0.29) is 0 Å². The fraction of sp³-hybridized carbons (Fsp3) is 0.0870. The first-order valence-electron chi connectivity index (χ1n) is 8.59. The predicted octanol–water partition coefficient (Wildman–Crippen LogP) is 6.65. The quantitative estimate of drug-likeness (QED) is 0.365. The van der Waals surface area contributed by atoms with Gasteiger partial charge in [-0.15, -0.1) is 0 Å². The molecule has 4 aromatic rings. The van der Waals surface area contributed by atoms with Gasteiger partial charge in [0.1, 0.15) is 0 Å². The monoisotopic (exact) mass is 358 g/mol. The zero-order chi connectivity index (χ0) is 18.1. The topological polar surface area (TPSA) is 17.3 Å². The minimum Gasteiger partial charge on any atom is -0.318 e. The zero-order valence-corrected chi connectivity index (χ0v) is 15.5. The van der Waals surface area contributed by atoms with Crippen molar-refractivity contribution in [2.24, 2.45) is 4.99 Å². The summed E-state index contributed by atoms with van der Waals surface area (Å²) >= 11 is 6.01. The first-order valence-corrected chi connectivity index (χ1v) is 8.97. The van der Waals surface area contributed by atoms with Gasteiger partial charge in [0, 0.05) is 33.9 Å². The lowest BCUT2D eigenvalue weighted by atomic mass is 10.1. The summed E-state index contributed by atoms with van der Waals surface area (Å²) in [4.78, 5) is 4.69. The van der Waals surface area contributed by atoms with E-state index in [1.807, 2.05) is 30.5 Å². The lowest BCUT2D eigenvalue weighted by Gasteiger charge is -2.09. The summed E-state index contributed by atoms with van der Waals surface area (Å²) in [5.74, 6) is 0. The first-order chi connectivity index (χ1) is 12.6. The molecule has 0 N–H and O–H groups in total. The third kappa shape index (κ3) is 3.16. The van der Waals surface area contributed by atoms with Crippen LogP contribution in [0.5, 0.6) is 0 Å². The van der Waals surface area contributed by atoms with Crippen molar-refractivity contribution in [2.75, 3.05) is 0 Å². The average Bonchev–Trinajstić information content (AvgIpc) is 2.94. The highest BCUT2D eigenvalue weighted by atomic mass is 35.5. The zero-order valence-electron chi connectivity index (χ0n) is 14.8. The van der Waals surface area contributed by atoms with Crippen molar-refractivity contribution >= 4 is 34.3 Å². The van der Waals surface area contributed by atoms with E-state index < -0.39 is 0 Å². The molecule has 4 rings (SSSR count). The van der Waals surface area contributed by atoms with Crippen molar-refractivity contribution in [2.45, 2.75) is 13.8 Å². The molecule has 26 heavy (non-hydrogen) atoms. The predicted molar refractivity (Wildman–Crippen MR) is 111 cm³/mol. The Kier molecular flexibility index (Phi) is 4.36. The Hall–Kier alpha value is -2.84. The number of halogens is 1. The van der Waals surface area contributed by atoms with E-state index in [4.69, 9.17) is 16.6 Å². The smallest absolute Gasteiger partial charge is 0.0636 e. The third-order valence-electron chi connectivity index (χ3n) is 4.64. The molecular weight excluding hydrogens is 340 g/mol. The van der Waals surface area contributed by atoms with Crippen molar-refractivity contribution < 1.29 is 0 Å². The van der Waals surface area contributed by atoms with Gasteiger partial charge >= 0.3 is 0 Å². The summed E-state index contributed by atoms with van der Waals surface area (Å²) < 4.78 is 2.22. The molecule has 0 radical (unpaired) electrons. The van der Waals surface area contributed by atoms with Crippen molar-refractivity contribution in [3.05, 3.63) is 94.8 Å². The highest BCUT2D eigenvalue weighted by molar-refractivity contribution is 6.30. The van der Waals surface area contributed by atoms with Gasteiger partial charge in [-0.05, 0) is 67.1 Å². The molecule has 1 aromatic heterocycles. The minimum atomic E-state index is 0.745. The van der Waals surface area contributed by atoms with E-state index in [1.54, 1.807) is 0 Å². The van der Waals surface area contributed by atoms with Crippen LogP contribution in [-0.4, -0.2) is 10.8 Å². The van der Waals surface area contributed by atoms with Gasteiger partial charge in [0.2, 0.25) is 0 Å². The summed E-state index contributed by atoms with van der Waals surface area (Å²) in [7, 11) is 0. The highest BCUT2D eigenvalue weighted by Crippen LogP contribution is 2.24. The molecule has 0 amide bonds. The molecule has 0 aliphatic rings. The molecule has 0 saturated heterocycles. The van der Waals surface area contributed by atoms with E-state index in [9.17, 15) is 0 Å². The van der Waals surface area contributed by atoms with Crippen molar-refractivity contribution in [3.8, 4) is 5.69 Å². The molecule has 128 valence electrons. The summed E-state index contributed by atoms with van der Waals surface area (Å²) in [6.07, 6.45) is 1.94. The number of nitrogens with zero attached hydrogens (tertiary/aromatic N) is 2. The molecule has 0 aliphatic heterocycles. The van der Waals surface area contributed by atoms with Gasteiger partial charge in [0.25, 0.3) is 0 Å². The van der Waals surface area contributed by atoms with Crippen molar-refractivity contribution in [1.29, 1.82) is 0 Å². The molecule has 0 atom stereocenters. The summed E-state index contributed by atoms with van der Waals surface area (Å²) in [5, 5.41) is 3.18. The van der Waals surface area contributed by atoms with E-state index in [0.717, 1.165) is 27.7 Å². The van der Waals surface area contributed by atoms with Crippen LogP contribution in [0.25, 0.3) is 16.5 Å². The number of hydrogen-bond acceptors (Lipinski definition) is 1. The number of benzene rings is 3. The van der Waals surface area contributed by atoms with Crippen LogP contribution in [0.3, 0.4) is 0 Å². The molecule has 0 aliphatic carbocycles. The van der Waals surface area contributed by atoms with Gasteiger partial charge < -0.3 is 4.57 Å². The summed E-state index contributed by atoms with van der Waals surface area (Å²) in [5.41, 5.74) is 5.51. The van der Waals surface area contributed by atoms with Gasteiger partial charge in [0.05, 0.1) is 5.69 Å². The van der Waals surface area contributed by atoms with Crippen LogP contribution in [0.4, 0.5) is 5.69 Å². The number of aliphatic imine (C=N–C) groups is 1. The second-order valence-corrected chi connectivity index (χ2v) is 6.86. The molecule has 0 spiro atoms. The van der Waals surface area contributed by atoms with Crippen LogP contribution >= 0.6 is 11.6 Å². The lowest BCUT2D eigenvalue weighted by Crippen LogP contribution is -1.99. The standard InChI is InChI=1S/C23H19ClN2/c1-16-13-20(17(2)26(16)23-11-8-21(24)9-12-23)15-25-22-10-7-18-5-3-4-6-19(18)14-22/h3-15H,1-2H3. The van der Waals surface area contributed by atoms with Crippen molar-refractivity contribution in [1.82, 2.24) is 4.57 Å². The molecule has 0 saturated carbocycles. The lowest BCUT2D eigenvalue weighted by molar-refractivity contribution is 0.965. The number of hydrogen-bond donors (Lipinski definition) is 0. The van der Waals surface area contributed by atoms with Gasteiger partial charge in [0.15, 0.2) is 0 Å². The van der Waals surface area contributed by atoms with Crippen molar-refractivity contribution in [3.63, 3.8) is 0 Å². The molecule has 1 heterocycles. The second kappa shape index (κ2) is 6.81. The molecule has 0 fully saturated rings. The van der Waals surface area contributed by atoms with Crippen LogP contribution in [0.1, 0.15) is 17.0 Å². The average molecular weight is 359 g/mol. The number of aromatic nitrogens is 1. The molecular formula is C23H19ClN2. The largest absolute Gasteiger partial charge is 0.318 e. The Balaban J connectivity index is 1.68. The summed E-state index contributed by atoms with van der Waals surface area (Å²) in [6, 6.07) is 24.7. The SMILES string of the molecule is Cc1cc(C=Nc2ccc3ccccc3c2)c(C)n1-c1ccc(Cl)cc1. The molecule has 3 heteroatoms. The highest BCUT2D eigenvalue weighted by Gasteiger charge is 2.09. The van der Waals surface area contributed by atoms with E-state index in [2.05, 4.69) is 66.9 Å². The van der Waals surface area contributed by atoms with Gasteiger partial charge in [-0.1, -0.05) is 41.9 Å².